The summed E-state index contributed by atoms with van der Waals surface area (Å²) in [7, 11) is 1.89. The number of nitrogens with one attached hydrogen (secondary N) is 1. The molecule has 1 fully saturated rings. The maximum absolute atomic E-state index is 13.5. The zero-order valence-corrected chi connectivity index (χ0v) is 23.6. The molecule has 4 aromatic rings. The van der Waals surface area contributed by atoms with Crippen LogP contribution in [0.25, 0.3) is 22.0 Å². The van der Waals surface area contributed by atoms with Gasteiger partial charge in [-0.05, 0) is 43.2 Å². The van der Waals surface area contributed by atoms with Crippen molar-refractivity contribution in [1.82, 2.24) is 19.7 Å². The van der Waals surface area contributed by atoms with Gasteiger partial charge < -0.3 is 35.0 Å². The highest BCUT2D eigenvalue weighted by Gasteiger charge is 2.44. The van der Waals surface area contributed by atoms with Gasteiger partial charge in [-0.1, -0.05) is 41.4 Å². The number of halogens is 2. The number of aliphatic hydroxyl groups is 4. The molecule has 5 N–H and O–H groups in total. The number of amides is 1. The number of carbonyl (C=O) groups is 1. The van der Waals surface area contributed by atoms with Gasteiger partial charge in [-0.2, -0.15) is 5.10 Å². The summed E-state index contributed by atoms with van der Waals surface area (Å²) < 4.78 is 8.93. The van der Waals surface area contributed by atoms with Crippen molar-refractivity contribution in [2.75, 3.05) is 6.61 Å². The highest BCUT2D eigenvalue weighted by Crippen LogP contribution is 2.33. The summed E-state index contributed by atoms with van der Waals surface area (Å²) in [5, 5.41) is 49.1. The molecule has 12 heteroatoms. The van der Waals surface area contributed by atoms with Crippen molar-refractivity contribution >= 4 is 40.0 Å². The maximum atomic E-state index is 13.5. The molecule has 0 aliphatic carbocycles. The summed E-state index contributed by atoms with van der Waals surface area (Å²) in [5.74, 6) is -0.583. The topological polar surface area (TPSA) is 142 Å². The number of rotatable bonds is 6. The number of hydrogen-bond acceptors (Lipinski definition) is 7. The molecule has 0 bridgehead atoms. The second-order valence-electron chi connectivity index (χ2n) is 10.0. The van der Waals surface area contributed by atoms with Crippen LogP contribution in [0.2, 0.25) is 10.0 Å². The van der Waals surface area contributed by atoms with Crippen LogP contribution in [0.3, 0.4) is 0 Å². The van der Waals surface area contributed by atoms with Gasteiger partial charge in [0.2, 0.25) is 0 Å². The predicted molar refractivity (Wildman–Crippen MR) is 150 cm³/mol. The average molecular weight is 589 g/mol. The second-order valence-corrected chi connectivity index (χ2v) is 10.9. The van der Waals surface area contributed by atoms with Crippen LogP contribution >= 0.6 is 23.2 Å². The molecule has 40 heavy (non-hydrogen) atoms. The average Bonchev–Trinajstić information content (AvgIpc) is 3.40. The Bertz CT molecular complexity index is 1580. The first-order valence-electron chi connectivity index (χ1n) is 12.7. The van der Waals surface area contributed by atoms with Crippen LogP contribution in [0, 0.1) is 13.8 Å². The molecular formula is C28H30Cl2N4O6. The Balaban J connectivity index is 1.56. The number of fused-ring (bicyclic) bond motifs is 1. The third-order valence-electron chi connectivity index (χ3n) is 7.46. The normalized spacial score (nSPS) is 23.1. The number of ether oxygens (including phenoxy) is 1. The number of aromatic nitrogens is 3. The molecule has 1 aliphatic rings. The summed E-state index contributed by atoms with van der Waals surface area (Å²) in [5.41, 5.74) is 5.72. The van der Waals surface area contributed by atoms with Crippen LogP contribution in [0.4, 0.5) is 0 Å². The first-order valence-corrected chi connectivity index (χ1v) is 13.4. The van der Waals surface area contributed by atoms with Gasteiger partial charge in [0.15, 0.2) is 6.29 Å². The van der Waals surface area contributed by atoms with Gasteiger partial charge in [0, 0.05) is 41.9 Å². The molecule has 10 nitrogen and oxygen atoms in total. The molecule has 2 aromatic heterocycles. The highest BCUT2D eigenvalue weighted by molar-refractivity contribution is 6.42. The molecule has 2 unspecified atom stereocenters. The Morgan fingerprint density at radius 2 is 1.82 bits per heavy atom. The van der Waals surface area contributed by atoms with Crippen LogP contribution < -0.4 is 5.32 Å². The van der Waals surface area contributed by atoms with Crippen LogP contribution in [0.1, 0.15) is 27.3 Å². The minimum atomic E-state index is -1.63. The standard InChI is InChI=1S/C28H30Cl2N4O6/c1-13-23(14(2)33(3)32-13)16-5-6-17-18(27(38)31-24-26(37)25(36)22(12-35)40-28(24)39)11-34(21(17)9-16)10-15-4-7-19(29)20(30)8-15/h4-9,11,22,24-26,28,35-37,39H,10,12H2,1-3H3,(H,31,38)/t22-,24-,25-,26?,28?/m1/s1. The third kappa shape index (κ3) is 5.12. The van der Waals surface area contributed by atoms with Gasteiger partial charge in [0.1, 0.15) is 24.4 Å². The van der Waals surface area contributed by atoms with E-state index in [9.17, 15) is 25.2 Å². The first kappa shape index (κ1) is 28.6. The molecule has 1 saturated heterocycles. The molecule has 212 valence electrons. The van der Waals surface area contributed by atoms with Crippen LogP contribution in [-0.4, -0.2) is 77.9 Å². The molecule has 5 atom stereocenters. The van der Waals surface area contributed by atoms with Crippen molar-refractivity contribution in [2.45, 2.75) is 51.0 Å². The van der Waals surface area contributed by atoms with Crippen LogP contribution in [-0.2, 0) is 18.3 Å². The van der Waals surface area contributed by atoms with E-state index in [1.54, 1.807) is 18.3 Å². The molecule has 1 amide bonds. The van der Waals surface area contributed by atoms with E-state index in [2.05, 4.69) is 10.4 Å². The Morgan fingerprint density at radius 1 is 1.07 bits per heavy atom. The van der Waals surface area contributed by atoms with Gasteiger partial charge in [-0.15, -0.1) is 0 Å². The molecule has 0 spiro atoms. The van der Waals surface area contributed by atoms with E-state index < -0.39 is 43.2 Å². The maximum Gasteiger partial charge on any atom is 0.253 e. The molecule has 3 heterocycles. The minimum absolute atomic E-state index is 0.291. The summed E-state index contributed by atoms with van der Waals surface area (Å²) >= 11 is 12.4. The lowest BCUT2D eigenvalue weighted by Crippen LogP contribution is -2.64. The van der Waals surface area contributed by atoms with Crippen molar-refractivity contribution in [3.63, 3.8) is 0 Å². The van der Waals surface area contributed by atoms with Crippen molar-refractivity contribution in [3.8, 4) is 11.1 Å². The summed E-state index contributed by atoms with van der Waals surface area (Å²) in [4.78, 5) is 13.5. The van der Waals surface area contributed by atoms with Gasteiger partial charge in [0.05, 0.1) is 27.9 Å². The van der Waals surface area contributed by atoms with E-state index in [4.69, 9.17) is 27.9 Å². The Kier molecular flexibility index (Phi) is 7.95. The highest BCUT2D eigenvalue weighted by atomic mass is 35.5. The first-order chi connectivity index (χ1) is 19.0. The van der Waals surface area contributed by atoms with Gasteiger partial charge in [0.25, 0.3) is 5.91 Å². The quantitative estimate of drug-likeness (QED) is 0.233. The number of aryl methyl sites for hydroxylation is 2. The summed E-state index contributed by atoms with van der Waals surface area (Å²) in [6, 6.07) is 9.76. The Morgan fingerprint density at radius 3 is 2.48 bits per heavy atom. The van der Waals surface area contributed by atoms with Gasteiger partial charge >= 0.3 is 0 Å². The van der Waals surface area contributed by atoms with Crippen molar-refractivity contribution in [3.05, 3.63) is 75.2 Å². The van der Waals surface area contributed by atoms with E-state index in [-0.39, 0.29) is 0 Å². The lowest BCUT2D eigenvalue weighted by atomic mass is 9.96. The molecular weight excluding hydrogens is 559 g/mol. The van der Waals surface area contributed by atoms with Gasteiger partial charge in [-0.3, -0.25) is 9.48 Å². The lowest BCUT2D eigenvalue weighted by Gasteiger charge is -2.40. The zero-order chi connectivity index (χ0) is 28.9. The monoisotopic (exact) mass is 588 g/mol. The molecule has 0 radical (unpaired) electrons. The van der Waals surface area contributed by atoms with E-state index in [1.165, 1.54) is 0 Å². The number of aliphatic hydroxyl groups excluding tert-OH is 4. The Hall–Kier alpha value is -2.96. The van der Waals surface area contributed by atoms with E-state index >= 15 is 0 Å². The van der Waals surface area contributed by atoms with Crippen molar-refractivity contribution in [2.24, 2.45) is 7.05 Å². The van der Waals surface area contributed by atoms with E-state index in [0.717, 1.165) is 33.6 Å². The fourth-order valence-electron chi connectivity index (χ4n) is 5.27. The van der Waals surface area contributed by atoms with Crippen LogP contribution in [0.15, 0.2) is 42.6 Å². The fraction of sp³-hybridized carbons (Fsp3) is 0.357. The number of benzene rings is 2. The second kappa shape index (κ2) is 11.1. The zero-order valence-electron chi connectivity index (χ0n) is 22.0. The Labute approximate surface area is 240 Å². The van der Waals surface area contributed by atoms with E-state index in [0.29, 0.717) is 27.5 Å². The smallest absolute Gasteiger partial charge is 0.253 e. The van der Waals surface area contributed by atoms with Gasteiger partial charge in [-0.25, -0.2) is 0 Å². The largest absolute Gasteiger partial charge is 0.394 e. The summed E-state index contributed by atoms with van der Waals surface area (Å²) in [6.07, 6.45) is -4.18. The van der Waals surface area contributed by atoms with Crippen LogP contribution in [0.5, 0.6) is 0 Å². The molecule has 1 aliphatic heterocycles. The number of hydrogen-bond donors (Lipinski definition) is 5. The minimum Gasteiger partial charge on any atom is -0.394 e. The molecule has 0 saturated carbocycles. The fourth-order valence-corrected chi connectivity index (χ4v) is 5.59. The predicted octanol–water partition coefficient (Wildman–Crippen LogP) is 2.54. The van der Waals surface area contributed by atoms with E-state index in [1.807, 2.05) is 54.4 Å². The molecule has 2 aromatic carbocycles. The number of carbonyl (C=O) groups excluding carboxylic acids is 1. The van der Waals surface area contributed by atoms with Crippen molar-refractivity contribution < 1.29 is 30.0 Å². The molecule has 5 rings (SSSR count). The third-order valence-corrected chi connectivity index (χ3v) is 8.20. The van der Waals surface area contributed by atoms with Crippen molar-refractivity contribution in [1.29, 1.82) is 0 Å². The lowest BCUT2D eigenvalue weighted by molar-refractivity contribution is -0.252. The SMILES string of the molecule is Cc1nn(C)c(C)c1-c1ccc2c(C(=O)N[C@H]3C(O)O[C@H](CO)[C@@H](O)C3O)cn(Cc3ccc(Cl)c(Cl)c3)c2c1. The number of nitrogens with zero attached hydrogens (tertiary/aromatic N) is 3. The summed E-state index contributed by atoms with van der Waals surface area (Å²) in [6.45, 7) is 3.71.